The van der Waals surface area contributed by atoms with E-state index in [9.17, 15) is 4.79 Å². The van der Waals surface area contributed by atoms with Crippen molar-refractivity contribution in [3.63, 3.8) is 0 Å². The lowest BCUT2D eigenvalue weighted by Gasteiger charge is -2.23. The van der Waals surface area contributed by atoms with Gasteiger partial charge in [-0.15, -0.1) is 0 Å². The Morgan fingerprint density at radius 3 is 2.78 bits per heavy atom. The van der Waals surface area contributed by atoms with Crippen LogP contribution < -0.4 is 5.23 Å². The molecule has 0 amide bonds. The summed E-state index contributed by atoms with van der Waals surface area (Å²) in [5.74, 6) is 1.34. The van der Waals surface area contributed by atoms with Crippen LogP contribution in [0.1, 0.15) is 45.5 Å². The van der Waals surface area contributed by atoms with Crippen LogP contribution in [-0.2, 0) is 22.5 Å². The van der Waals surface area contributed by atoms with Crippen molar-refractivity contribution in [3.05, 3.63) is 35.7 Å². The quantitative estimate of drug-likeness (QED) is 0.442. The number of methoxy groups -OCH3 is 1. The van der Waals surface area contributed by atoms with Crippen LogP contribution in [0.15, 0.2) is 24.3 Å². The SMILES string of the molecule is BNCCn1c(CC(C)CC(C)(C)C)nc2cc(/C=C/C(=O)OC)ccc21. The number of hydrogen-bond donors (Lipinski definition) is 1. The number of nitrogens with one attached hydrogen (secondary N) is 1. The molecule has 0 spiro atoms. The third-order valence-corrected chi connectivity index (χ3v) is 4.54. The molecule has 146 valence electrons. The molecule has 1 aromatic carbocycles. The van der Waals surface area contributed by atoms with Crippen molar-refractivity contribution in [1.29, 1.82) is 0 Å². The first-order valence-electron chi connectivity index (χ1n) is 9.63. The van der Waals surface area contributed by atoms with E-state index in [0.717, 1.165) is 48.4 Å². The number of ether oxygens (including phenoxy) is 1. The van der Waals surface area contributed by atoms with Crippen molar-refractivity contribution in [3.8, 4) is 0 Å². The Balaban J connectivity index is 2.33. The summed E-state index contributed by atoms with van der Waals surface area (Å²) in [6.45, 7) is 10.9. The van der Waals surface area contributed by atoms with Gasteiger partial charge in [-0.3, -0.25) is 0 Å². The molecule has 0 saturated carbocycles. The minimum absolute atomic E-state index is 0.313. The zero-order valence-corrected chi connectivity index (χ0v) is 17.5. The summed E-state index contributed by atoms with van der Waals surface area (Å²) in [5.41, 5.74) is 3.36. The Morgan fingerprint density at radius 2 is 2.15 bits per heavy atom. The number of fused-ring (bicyclic) bond motifs is 1. The van der Waals surface area contributed by atoms with E-state index >= 15 is 0 Å². The van der Waals surface area contributed by atoms with E-state index in [1.165, 1.54) is 13.2 Å². The van der Waals surface area contributed by atoms with Crippen LogP contribution >= 0.6 is 0 Å². The first-order valence-corrected chi connectivity index (χ1v) is 9.63. The van der Waals surface area contributed by atoms with Gasteiger partial charge >= 0.3 is 5.97 Å². The van der Waals surface area contributed by atoms with Gasteiger partial charge in [-0.2, -0.15) is 0 Å². The van der Waals surface area contributed by atoms with E-state index in [-0.39, 0.29) is 5.97 Å². The van der Waals surface area contributed by atoms with Crippen molar-refractivity contribution in [2.45, 2.75) is 47.1 Å². The Hall–Kier alpha value is -2.08. The van der Waals surface area contributed by atoms with Gasteiger partial charge in [0.1, 0.15) is 5.82 Å². The van der Waals surface area contributed by atoms with Gasteiger partial charge in [0.2, 0.25) is 0 Å². The first kappa shape index (κ1) is 21.2. The normalized spacial score (nSPS) is 13.4. The van der Waals surface area contributed by atoms with Crippen molar-refractivity contribution in [1.82, 2.24) is 14.8 Å². The summed E-state index contributed by atoms with van der Waals surface area (Å²) in [5, 5.41) is 3.23. The fourth-order valence-electron chi connectivity index (χ4n) is 3.59. The highest BCUT2D eigenvalue weighted by molar-refractivity contribution is 6.04. The van der Waals surface area contributed by atoms with Gasteiger partial charge in [0.15, 0.2) is 7.98 Å². The van der Waals surface area contributed by atoms with Gasteiger partial charge in [-0.25, -0.2) is 9.78 Å². The van der Waals surface area contributed by atoms with Crippen LogP contribution in [0, 0.1) is 11.3 Å². The molecule has 1 unspecified atom stereocenters. The lowest BCUT2D eigenvalue weighted by atomic mass is 9.84. The van der Waals surface area contributed by atoms with Gasteiger partial charge in [0.05, 0.1) is 18.1 Å². The standard InChI is InChI=1S/C21H32BN3O2/c1-15(14-21(2,3)4)12-19-24-17-13-16(7-9-20(26)27-5)6-8-18(17)25(19)11-10-23-22/h6-9,13,15,23H,10-12,14,22H2,1-5H3/b9-7+. The number of aromatic nitrogens is 2. The fourth-order valence-corrected chi connectivity index (χ4v) is 3.59. The van der Waals surface area contributed by atoms with Gasteiger partial charge < -0.3 is 14.5 Å². The number of nitrogens with zero attached hydrogens (tertiary/aromatic N) is 2. The number of benzene rings is 1. The highest BCUT2D eigenvalue weighted by Crippen LogP contribution is 2.27. The number of imidazole rings is 1. The maximum Gasteiger partial charge on any atom is 0.330 e. The number of hydrogen-bond acceptors (Lipinski definition) is 4. The molecule has 0 bridgehead atoms. The monoisotopic (exact) mass is 369 g/mol. The molecule has 1 aromatic heterocycles. The maximum absolute atomic E-state index is 11.3. The fraction of sp³-hybridized carbons (Fsp3) is 0.524. The second kappa shape index (κ2) is 9.22. The lowest BCUT2D eigenvalue weighted by Crippen LogP contribution is -2.19. The zero-order valence-electron chi connectivity index (χ0n) is 17.5. The molecule has 27 heavy (non-hydrogen) atoms. The van der Waals surface area contributed by atoms with Crippen LogP contribution in [0.3, 0.4) is 0 Å². The summed E-state index contributed by atoms with van der Waals surface area (Å²) < 4.78 is 6.98. The number of carbonyl (C=O) groups excluding carboxylic acids is 1. The summed E-state index contributed by atoms with van der Waals surface area (Å²) in [6.07, 6.45) is 5.32. The van der Waals surface area contributed by atoms with Crippen LogP contribution in [0.4, 0.5) is 0 Å². The van der Waals surface area contributed by atoms with Gasteiger partial charge in [-0.1, -0.05) is 33.8 Å². The van der Waals surface area contributed by atoms with E-state index < -0.39 is 0 Å². The molecule has 1 N–H and O–H groups in total. The van der Waals surface area contributed by atoms with Gasteiger partial charge in [-0.05, 0) is 41.5 Å². The van der Waals surface area contributed by atoms with E-state index in [1.54, 1.807) is 6.08 Å². The highest BCUT2D eigenvalue weighted by atomic mass is 16.5. The minimum Gasteiger partial charge on any atom is -0.466 e. The Morgan fingerprint density at radius 1 is 1.41 bits per heavy atom. The second-order valence-corrected chi connectivity index (χ2v) is 8.46. The third-order valence-electron chi connectivity index (χ3n) is 4.54. The van der Waals surface area contributed by atoms with Gasteiger partial charge in [0.25, 0.3) is 0 Å². The summed E-state index contributed by atoms with van der Waals surface area (Å²) in [7, 11) is 3.35. The molecule has 0 aliphatic heterocycles. The molecular formula is C21H32BN3O2. The number of carbonyl (C=O) groups is 1. The average Bonchev–Trinajstić information content (AvgIpc) is 2.92. The van der Waals surface area contributed by atoms with E-state index in [2.05, 4.69) is 48.3 Å². The molecule has 0 saturated heterocycles. The molecule has 6 heteroatoms. The van der Waals surface area contributed by atoms with Crippen molar-refractivity contribution >= 4 is 31.1 Å². The Bertz CT molecular complexity index is 806. The maximum atomic E-state index is 11.3. The summed E-state index contributed by atoms with van der Waals surface area (Å²) >= 11 is 0. The van der Waals surface area contributed by atoms with E-state index in [4.69, 9.17) is 4.98 Å². The molecule has 0 fully saturated rings. The lowest BCUT2D eigenvalue weighted by molar-refractivity contribution is -0.134. The van der Waals surface area contributed by atoms with E-state index in [1.807, 2.05) is 20.1 Å². The molecule has 1 heterocycles. The van der Waals surface area contributed by atoms with Crippen LogP contribution in [-0.4, -0.2) is 37.2 Å². The largest absolute Gasteiger partial charge is 0.466 e. The number of esters is 1. The zero-order chi connectivity index (χ0) is 20.0. The summed E-state index contributed by atoms with van der Waals surface area (Å²) in [4.78, 5) is 16.3. The predicted molar refractivity (Wildman–Crippen MR) is 114 cm³/mol. The molecule has 0 radical (unpaired) electrons. The number of rotatable bonds is 8. The summed E-state index contributed by atoms with van der Waals surface area (Å²) in [6, 6.07) is 6.14. The van der Waals surface area contributed by atoms with Crippen LogP contribution in [0.25, 0.3) is 17.1 Å². The Labute approximate surface area is 163 Å². The van der Waals surface area contributed by atoms with Crippen molar-refractivity contribution < 1.29 is 9.53 Å². The second-order valence-electron chi connectivity index (χ2n) is 8.46. The smallest absolute Gasteiger partial charge is 0.330 e. The molecule has 2 rings (SSSR count). The topological polar surface area (TPSA) is 56.2 Å². The predicted octanol–water partition coefficient (Wildman–Crippen LogP) is 2.98. The van der Waals surface area contributed by atoms with Crippen LogP contribution in [0.5, 0.6) is 0 Å². The van der Waals surface area contributed by atoms with Crippen molar-refractivity contribution in [2.24, 2.45) is 11.3 Å². The van der Waals surface area contributed by atoms with E-state index in [0.29, 0.717) is 11.3 Å². The minimum atomic E-state index is -0.355. The molecule has 0 aliphatic rings. The molecule has 0 aliphatic carbocycles. The molecule has 5 nitrogen and oxygen atoms in total. The Kier molecular flexibility index (Phi) is 7.25. The third kappa shape index (κ3) is 6.24. The average molecular weight is 369 g/mol. The molecule has 1 atom stereocenters. The highest BCUT2D eigenvalue weighted by Gasteiger charge is 2.19. The van der Waals surface area contributed by atoms with Crippen molar-refractivity contribution in [2.75, 3.05) is 13.7 Å². The molecular weight excluding hydrogens is 337 g/mol. The first-order chi connectivity index (χ1) is 12.7. The van der Waals surface area contributed by atoms with Crippen LogP contribution in [0.2, 0.25) is 0 Å². The van der Waals surface area contributed by atoms with Gasteiger partial charge in [0, 0.05) is 25.6 Å². The molecule has 2 aromatic rings.